The van der Waals surface area contributed by atoms with Gasteiger partial charge in [0, 0.05) is 37.2 Å². The Labute approximate surface area is 231 Å². The maximum absolute atomic E-state index is 13.5. The van der Waals surface area contributed by atoms with Crippen LogP contribution in [0.3, 0.4) is 0 Å². The van der Waals surface area contributed by atoms with Crippen molar-refractivity contribution < 1.29 is 14.3 Å². The number of hydrogen-bond acceptors (Lipinski definition) is 6. The van der Waals surface area contributed by atoms with Gasteiger partial charge in [-0.25, -0.2) is 14.5 Å². The number of hydrogen-bond donors (Lipinski definition) is 0. The van der Waals surface area contributed by atoms with Crippen LogP contribution in [0.4, 0.5) is 4.79 Å². The molecule has 0 bridgehead atoms. The molecule has 1 unspecified atom stereocenters. The van der Waals surface area contributed by atoms with Crippen LogP contribution in [0.5, 0.6) is 5.75 Å². The first-order chi connectivity index (χ1) is 18.6. The van der Waals surface area contributed by atoms with E-state index >= 15 is 0 Å². The largest absolute Gasteiger partial charge is 0.490 e. The van der Waals surface area contributed by atoms with Crippen molar-refractivity contribution in [2.45, 2.75) is 58.1 Å². The highest BCUT2D eigenvalue weighted by molar-refractivity contribution is 6.32. The quantitative estimate of drug-likeness (QED) is 0.326. The molecule has 4 aromatic rings. The zero-order valence-corrected chi connectivity index (χ0v) is 23.1. The summed E-state index contributed by atoms with van der Waals surface area (Å²) in [6.45, 7) is 7.08. The number of rotatable bonds is 6. The van der Waals surface area contributed by atoms with E-state index in [4.69, 9.17) is 31.2 Å². The lowest BCUT2D eigenvalue weighted by molar-refractivity contribution is 0.0288. The minimum Gasteiger partial charge on any atom is -0.490 e. The molecule has 0 spiro atoms. The Morgan fingerprint density at radius 1 is 1.13 bits per heavy atom. The number of benzene rings is 1. The van der Waals surface area contributed by atoms with Crippen molar-refractivity contribution in [1.29, 1.82) is 0 Å². The fourth-order valence-corrected chi connectivity index (χ4v) is 5.18. The molecule has 2 aliphatic rings. The lowest BCUT2D eigenvalue weighted by Crippen LogP contribution is -2.36. The third kappa shape index (κ3) is 5.45. The average Bonchev–Trinajstić information content (AvgIpc) is 3.43. The van der Waals surface area contributed by atoms with Crippen LogP contribution in [0.2, 0.25) is 5.02 Å². The van der Waals surface area contributed by atoms with Crippen LogP contribution >= 0.6 is 11.6 Å². The molecular weight excluding hydrogens is 518 g/mol. The summed E-state index contributed by atoms with van der Waals surface area (Å²) in [6.07, 6.45) is 6.91. The number of imidazole rings is 1. The second-order valence-electron chi connectivity index (χ2n) is 11.5. The van der Waals surface area contributed by atoms with E-state index in [2.05, 4.69) is 0 Å². The molecule has 1 aliphatic heterocycles. The number of halogens is 1. The highest BCUT2D eigenvalue weighted by atomic mass is 35.5. The van der Waals surface area contributed by atoms with Gasteiger partial charge in [-0.15, -0.1) is 0 Å². The first-order valence-electron chi connectivity index (χ1n) is 13.4. The summed E-state index contributed by atoms with van der Waals surface area (Å²) in [6, 6.07) is 9.08. The molecule has 204 valence electrons. The van der Waals surface area contributed by atoms with Crippen molar-refractivity contribution in [3.63, 3.8) is 0 Å². The molecule has 9 nitrogen and oxygen atoms in total. The fourth-order valence-electron chi connectivity index (χ4n) is 4.98. The van der Waals surface area contributed by atoms with Crippen molar-refractivity contribution >= 4 is 34.1 Å². The number of nitrogens with zero attached hydrogens (tertiary/aromatic N) is 5. The summed E-state index contributed by atoms with van der Waals surface area (Å²) in [5, 5.41) is 6.76. The standard InChI is InChI=1S/C29H32ClN5O4/c1-29(2,3)39-28(37)33-11-10-20(15-33)35-27(36)22-7-5-4-6-21(22)24(32-35)12-19-14-34-16-25(38-17-18-8-9-18)23(30)13-26(34)31-19/h4-7,13-14,16,18,20H,8-12,15,17H2,1-3H3. The summed E-state index contributed by atoms with van der Waals surface area (Å²) in [7, 11) is 0. The number of aromatic nitrogens is 4. The SMILES string of the molecule is CC(C)(C)OC(=O)N1CCC(n2nc(Cc3cn4cc(OCC5CC5)c(Cl)cc4n3)c3ccccc3c2=O)C1. The molecule has 3 aromatic heterocycles. The summed E-state index contributed by atoms with van der Waals surface area (Å²) < 4.78 is 14.9. The molecule has 1 aliphatic carbocycles. The van der Waals surface area contributed by atoms with Gasteiger partial charge in [-0.05, 0) is 52.0 Å². The van der Waals surface area contributed by atoms with E-state index in [9.17, 15) is 9.59 Å². The van der Waals surface area contributed by atoms with E-state index in [0.717, 1.165) is 22.4 Å². The molecule has 0 radical (unpaired) electrons. The molecule has 1 saturated heterocycles. The zero-order chi connectivity index (χ0) is 27.3. The van der Waals surface area contributed by atoms with Gasteiger partial charge >= 0.3 is 6.09 Å². The molecule has 4 heterocycles. The van der Waals surface area contributed by atoms with E-state index in [1.807, 2.05) is 67.9 Å². The maximum Gasteiger partial charge on any atom is 0.410 e. The Morgan fingerprint density at radius 2 is 1.90 bits per heavy atom. The monoisotopic (exact) mass is 549 g/mol. The van der Waals surface area contributed by atoms with Crippen LogP contribution in [-0.4, -0.2) is 55.5 Å². The van der Waals surface area contributed by atoms with Gasteiger partial charge in [0.25, 0.3) is 5.56 Å². The molecule has 39 heavy (non-hydrogen) atoms. The number of fused-ring (bicyclic) bond motifs is 2. The Kier molecular flexibility index (Phi) is 6.49. The third-order valence-corrected chi connectivity index (χ3v) is 7.44. The number of ether oxygens (including phenoxy) is 2. The van der Waals surface area contributed by atoms with Crippen LogP contribution in [0, 0.1) is 5.92 Å². The first kappa shape index (κ1) is 25.7. The molecule has 6 rings (SSSR count). The lowest BCUT2D eigenvalue weighted by atomic mass is 10.1. The summed E-state index contributed by atoms with van der Waals surface area (Å²) in [4.78, 5) is 32.5. The third-order valence-electron chi connectivity index (χ3n) is 7.14. The van der Waals surface area contributed by atoms with Gasteiger partial charge in [0.05, 0.1) is 40.6 Å². The van der Waals surface area contributed by atoms with Crippen molar-refractivity contribution in [3.05, 3.63) is 69.5 Å². The van der Waals surface area contributed by atoms with Crippen LogP contribution in [0.25, 0.3) is 16.4 Å². The molecular formula is C29H32ClN5O4. The summed E-state index contributed by atoms with van der Waals surface area (Å²) in [5.41, 5.74) is 1.53. The lowest BCUT2D eigenvalue weighted by Gasteiger charge is -2.24. The predicted molar refractivity (Wildman–Crippen MR) is 149 cm³/mol. The summed E-state index contributed by atoms with van der Waals surface area (Å²) >= 11 is 6.47. The van der Waals surface area contributed by atoms with E-state index in [-0.39, 0.29) is 17.7 Å². The fraction of sp³-hybridized carbons (Fsp3) is 0.448. The van der Waals surface area contributed by atoms with Gasteiger partial charge in [-0.1, -0.05) is 29.8 Å². The molecule has 1 saturated carbocycles. The van der Waals surface area contributed by atoms with Crippen LogP contribution in [-0.2, 0) is 11.2 Å². The second kappa shape index (κ2) is 9.86. The minimum atomic E-state index is -0.581. The van der Waals surface area contributed by atoms with E-state index in [0.29, 0.717) is 54.6 Å². The van der Waals surface area contributed by atoms with Crippen LogP contribution in [0.15, 0.2) is 47.5 Å². The predicted octanol–water partition coefficient (Wildman–Crippen LogP) is 5.26. The van der Waals surface area contributed by atoms with Gasteiger partial charge in [0.1, 0.15) is 11.2 Å². The van der Waals surface area contributed by atoms with E-state index in [1.54, 1.807) is 9.58 Å². The normalized spacial score (nSPS) is 17.7. The number of amides is 1. The van der Waals surface area contributed by atoms with Gasteiger partial charge in [-0.3, -0.25) is 4.79 Å². The van der Waals surface area contributed by atoms with E-state index < -0.39 is 5.60 Å². The Hall–Kier alpha value is -3.59. The van der Waals surface area contributed by atoms with Gasteiger partial charge in [0.2, 0.25) is 0 Å². The second-order valence-corrected chi connectivity index (χ2v) is 11.9. The highest BCUT2D eigenvalue weighted by Crippen LogP contribution is 2.32. The van der Waals surface area contributed by atoms with E-state index in [1.165, 1.54) is 12.8 Å². The van der Waals surface area contributed by atoms with Crippen molar-refractivity contribution in [2.75, 3.05) is 19.7 Å². The molecule has 0 N–H and O–H groups in total. The molecule has 1 amide bonds. The highest BCUT2D eigenvalue weighted by Gasteiger charge is 2.32. The summed E-state index contributed by atoms with van der Waals surface area (Å²) in [5.74, 6) is 1.27. The van der Waals surface area contributed by atoms with Crippen molar-refractivity contribution in [2.24, 2.45) is 5.92 Å². The molecule has 1 aromatic carbocycles. The zero-order valence-electron chi connectivity index (χ0n) is 22.4. The van der Waals surface area contributed by atoms with Crippen molar-refractivity contribution in [3.8, 4) is 5.75 Å². The smallest absolute Gasteiger partial charge is 0.410 e. The number of pyridine rings is 1. The van der Waals surface area contributed by atoms with Gasteiger partial charge in [-0.2, -0.15) is 5.10 Å². The molecule has 2 fully saturated rings. The van der Waals surface area contributed by atoms with Crippen LogP contribution in [0.1, 0.15) is 57.5 Å². The Bertz CT molecular complexity index is 1620. The van der Waals surface area contributed by atoms with Gasteiger partial charge < -0.3 is 18.8 Å². The van der Waals surface area contributed by atoms with Gasteiger partial charge in [0.15, 0.2) is 5.75 Å². The first-order valence-corrected chi connectivity index (χ1v) is 13.8. The number of carbonyl (C=O) groups excluding carboxylic acids is 1. The minimum absolute atomic E-state index is 0.162. The average molecular weight is 550 g/mol. The molecule has 10 heteroatoms. The Morgan fingerprint density at radius 3 is 2.64 bits per heavy atom. The van der Waals surface area contributed by atoms with Crippen LogP contribution < -0.4 is 10.3 Å². The number of carbonyl (C=O) groups is 1. The molecule has 1 atom stereocenters. The maximum atomic E-state index is 13.5. The van der Waals surface area contributed by atoms with Crippen molar-refractivity contribution in [1.82, 2.24) is 24.1 Å². The topological polar surface area (TPSA) is 91.0 Å². The number of likely N-dealkylation sites (tertiary alicyclic amines) is 1. The Balaban J connectivity index is 1.30.